The summed E-state index contributed by atoms with van der Waals surface area (Å²) in [6.07, 6.45) is 1.57. The zero-order valence-corrected chi connectivity index (χ0v) is 11.7. The number of aryl methyl sites for hydroxylation is 1. The third-order valence-corrected chi connectivity index (χ3v) is 3.36. The minimum absolute atomic E-state index is 0.673. The molecule has 0 atom stereocenters. The summed E-state index contributed by atoms with van der Waals surface area (Å²) < 4.78 is 1.63. The maximum atomic E-state index is 5.96. The van der Waals surface area contributed by atoms with Crippen molar-refractivity contribution in [2.24, 2.45) is 0 Å². The van der Waals surface area contributed by atoms with E-state index in [9.17, 15) is 0 Å². The second kappa shape index (κ2) is 5.62. The summed E-state index contributed by atoms with van der Waals surface area (Å²) in [6.45, 7) is 2.73. The molecular weight excluding hydrogens is 264 g/mol. The van der Waals surface area contributed by atoms with Crippen LogP contribution in [-0.4, -0.2) is 20.2 Å². The Kier molecular flexibility index (Phi) is 3.51. The van der Waals surface area contributed by atoms with Crippen LogP contribution in [-0.2, 0) is 6.54 Å². The summed E-state index contributed by atoms with van der Waals surface area (Å²) in [6, 6.07) is 13.9. The highest BCUT2D eigenvalue weighted by atomic mass is 15.5. The second-order valence-electron chi connectivity index (χ2n) is 4.81. The zero-order valence-electron chi connectivity index (χ0n) is 11.7. The molecule has 0 radical (unpaired) electrons. The molecule has 0 aliphatic heterocycles. The van der Waals surface area contributed by atoms with Crippen molar-refractivity contribution < 1.29 is 0 Å². The maximum absolute atomic E-state index is 5.96. The number of nitrogens with zero attached hydrogens (tertiary/aromatic N) is 4. The molecule has 2 aromatic carbocycles. The van der Waals surface area contributed by atoms with Crippen molar-refractivity contribution in [3.63, 3.8) is 0 Å². The highest BCUT2D eigenvalue weighted by Crippen LogP contribution is 2.20. The number of aromatic nitrogens is 4. The first-order chi connectivity index (χ1) is 10.2. The first kappa shape index (κ1) is 13.1. The Balaban J connectivity index is 1.82. The van der Waals surface area contributed by atoms with Crippen LogP contribution in [0.25, 0.3) is 5.69 Å². The van der Waals surface area contributed by atoms with Crippen molar-refractivity contribution in [2.75, 3.05) is 11.1 Å². The third-order valence-electron chi connectivity index (χ3n) is 3.36. The van der Waals surface area contributed by atoms with E-state index in [-0.39, 0.29) is 0 Å². The lowest BCUT2D eigenvalue weighted by molar-refractivity contribution is 0.789. The van der Waals surface area contributed by atoms with E-state index in [4.69, 9.17) is 5.73 Å². The van der Waals surface area contributed by atoms with Gasteiger partial charge >= 0.3 is 0 Å². The highest BCUT2D eigenvalue weighted by molar-refractivity contribution is 5.58. The molecule has 0 amide bonds. The fourth-order valence-electron chi connectivity index (χ4n) is 2.11. The predicted octanol–water partition coefficient (Wildman–Crippen LogP) is 2.17. The molecule has 0 fully saturated rings. The van der Waals surface area contributed by atoms with Crippen molar-refractivity contribution in [1.82, 2.24) is 20.2 Å². The summed E-state index contributed by atoms with van der Waals surface area (Å²) in [7, 11) is 0. The molecule has 0 unspecified atom stereocenters. The Hall–Kier alpha value is -2.89. The lowest BCUT2D eigenvalue weighted by Crippen LogP contribution is -2.05. The predicted molar refractivity (Wildman–Crippen MR) is 82.1 cm³/mol. The molecule has 0 saturated carbocycles. The van der Waals surface area contributed by atoms with Crippen molar-refractivity contribution in [1.29, 1.82) is 0 Å². The maximum Gasteiger partial charge on any atom is 0.143 e. The second-order valence-corrected chi connectivity index (χ2v) is 4.81. The molecule has 21 heavy (non-hydrogen) atoms. The van der Waals surface area contributed by atoms with Gasteiger partial charge in [0.25, 0.3) is 0 Å². The molecule has 3 rings (SSSR count). The van der Waals surface area contributed by atoms with Gasteiger partial charge in [-0.05, 0) is 46.7 Å². The van der Waals surface area contributed by atoms with Crippen molar-refractivity contribution >= 4 is 11.4 Å². The number of rotatable bonds is 4. The van der Waals surface area contributed by atoms with Crippen LogP contribution in [0.2, 0.25) is 0 Å². The van der Waals surface area contributed by atoms with Gasteiger partial charge in [-0.3, -0.25) is 0 Å². The number of para-hydroxylation sites is 1. The van der Waals surface area contributed by atoms with Gasteiger partial charge in [0.05, 0.1) is 5.69 Å². The van der Waals surface area contributed by atoms with Crippen molar-refractivity contribution in [3.05, 3.63) is 59.9 Å². The molecular formula is C15H16N6. The molecule has 0 aliphatic rings. The van der Waals surface area contributed by atoms with Gasteiger partial charge in [-0.25, -0.2) is 4.68 Å². The van der Waals surface area contributed by atoms with Gasteiger partial charge in [0, 0.05) is 17.9 Å². The fraction of sp³-hybridized carbons (Fsp3) is 0.133. The van der Waals surface area contributed by atoms with Gasteiger partial charge in [0.2, 0.25) is 0 Å². The first-order valence-electron chi connectivity index (χ1n) is 6.65. The Morgan fingerprint density at radius 1 is 1.19 bits per heavy atom. The Morgan fingerprint density at radius 3 is 2.81 bits per heavy atom. The number of nitrogens with two attached hydrogens (primary N) is 1. The van der Waals surface area contributed by atoms with Crippen LogP contribution in [0.5, 0.6) is 0 Å². The number of hydrogen-bond donors (Lipinski definition) is 2. The van der Waals surface area contributed by atoms with Crippen molar-refractivity contribution in [2.45, 2.75) is 13.5 Å². The van der Waals surface area contributed by atoms with E-state index in [1.54, 1.807) is 11.0 Å². The molecule has 0 bridgehead atoms. The van der Waals surface area contributed by atoms with Crippen LogP contribution in [0, 0.1) is 6.92 Å². The van der Waals surface area contributed by atoms with Gasteiger partial charge in [0.1, 0.15) is 6.33 Å². The van der Waals surface area contributed by atoms with E-state index in [1.807, 2.05) is 42.5 Å². The van der Waals surface area contributed by atoms with E-state index in [0.717, 1.165) is 28.2 Å². The summed E-state index contributed by atoms with van der Waals surface area (Å²) >= 11 is 0. The SMILES string of the molecule is Cc1ccc(-n2cnnn2)cc1NCc1ccccc1N. The first-order valence-corrected chi connectivity index (χ1v) is 6.65. The summed E-state index contributed by atoms with van der Waals surface area (Å²) in [5.41, 5.74) is 10.9. The Bertz CT molecular complexity index is 736. The summed E-state index contributed by atoms with van der Waals surface area (Å²) in [4.78, 5) is 0. The van der Waals surface area contributed by atoms with Crippen molar-refractivity contribution in [3.8, 4) is 5.69 Å². The molecule has 1 heterocycles. The standard InChI is InChI=1S/C15H16N6/c1-11-6-7-13(21-10-18-19-20-21)8-15(11)17-9-12-4-2-3-5-14(12)16/h2-8,10,17H,9,16H2,1H3. The van der Waals surface area contributed by atoms with E-state index >= 15 is 0 Å². The quantitative estimate of drug-likeness (QED) is 0.716. The van der Waals surface area contributed by atoms with Crippen LogP contribution in [0.1, 0.15) is 11.1 Å². The van der Waals surface area contributed by atoms with E-state index in [1.165, 1.54) is 0 Å². The van der Waals surface area contributed by atoms with E-state index in [0.29, 0.717) is 6.54 Å². The minimum Gasteiger partial charge on any atom is -0.398 e. The van der Waals surface area contributed by atoms with E-state index in [2.05, 4.69) is 27.8 Å². The average Bonchev–Trinajstić information content (AvgIpc) is 3.02. The molecule has 106 valence electrons. The number of anilines is 2. The van der Waals surface area contributed by atoms with Crippen LogP contribution < -0.4 is 11.1 Å². The lowest BCUT2D eigenvalue weighted by atomic mass is 10.1. The highest BCUT2D eigenvalue weighted by Gasteiger charge is 2.04. The molecule has 0 spiro atoms. The molecule has 0 aliphatic carbocycles. The number of nitrogens with one attached hydrogen (secondary N) is 1. The number of nitrogen functional groups attached to an aromatic ring is 1. The monoisotopic (exact) mass is 280 g/mol. The largest absolute Gasteiger partial charge is 0.398 e. The van der Waals surface area contributed by atoms with Gasteiger partial charge in [-0.2, -0.15) is 0 Å². The number of tetrazole rings is 1. The smallest absolute Gasteiger partial charge is 0.143 e. The third kappa shape index (κ3) is 2.84. The number of hydrogen-bond acceptors (Lipinski definition) is 5. The van der Waals surface area contributed by atoms with Gasteiger partial charge in [-0.1, -0.05) is 24.3 Å². The fourth-order valence-corrected chi connectivity index (χ4v) is 2.11. The molecule has 6 nitrogen and oxygen atoms in total. The molecule has 6 heteroatoms. The normalized spacial score (nSPS) is 10.5. The molecule has 3 N–H and O–H groups in total. The van der Waals surface area contributed by atoms with E-state index < -0.39 is 0 Å². The summed E-state index contributed by atoms with van der Waals surface area (Å²) in [5.74, 6) is 0. The molecule has 3 aromatic rings. The van der Waals surface area contributed by atoms with Crippen LogP contribution in [0.3, 0.4) is 0 Å². The van der Waals surface area contributed by atoms with Gasteiger partial charge in [0.15, 0.2) is 0 Å². The van der Waals surface area contributed by atoms with Crippen LogP contribution in [0.4, 0.5) is 11.4 Å². The lowest BCUT2D eigenvalue weighted by Gasteiger charge is -2.12. The van der Waals surface area contributed by atoms with Crippen LogP contribution in [0.15, 0.2) is 48.8 Å². The Labute approximate surface area is 122 Å². The topological polar surface area (TPSA) is 81.7 Å². The van der Waals surface area contributed by atoms with Gasteiger partial charge in [-0.15, -0.1) is 5.10 Å². The Morgan fingerprint density at radius 2 is 2.05 bits per heavy atom. The number of benzene rings is 2. The molecule has 0 saturated heterocycles. The molecule has 1 aromatic heterocycles. The van der Waals surface area contributed by atoms with Gasteiger partial charge < -0.3 is 11.1 Å². The summed E-state index contributed by atoms with van der Waals surface area (Å²) in [5, 5.41) is 14.6. The van der Waals surface area contributed by atoms with Crippen LogP contribution >= 0.6 is 0 Å². The zero-order chi connectivity index (χ0) is 14.7. The minimum atomic E-state index is 0.673. The average molecular weight is 280 g/mol.